The van der Waals surface area contributed by atoms with Crippen molar-refractivity contribution in [1.29, 1.82) is 0 Å². The number of ether oxygens (including phenoxy) is 1. The molecule has 2 unspecified atom stereocenters. The van der Waals surface area contributed by atoms with Crippen LogP contribution in [0.25, 0.3) is 0 Å². The van der Waals surface area contributed by atoms with Gasteiger partial charge in [0.05, 0.1) is 12.0 Å². The van der Waals surface area contributed by atoms with Gasteiger partial charge < -0.3 is 15.0 Å². The third-order valence-corrected chi connectivity index (χ3v) is 4.55. The van der Waals surface area contributed by atoms with Gasteiger partial charge in [0.2, 0.25) is 5.91 Å². The number of carbonyl (C=O) groups excluding carboxylic acids is 1. The Labute approximate surface area is 110 Å². The first-order valence-electron chi connectivity index (χ1n) is 7.29. The molecule has 4 nitrogen and oxygen atoms in total. The molecule has 2 fully saturated rings. The minimum absolute atomic E-state index is 0.143. The van der Waals surface area contributed by atoms with Crippen LogP contribution in [0, 0.1) is 11.3 Å². The number of amides is 1. The number of rotatable bonds is 5. The minimum atomic E-state index is -0.143. The van der Waals surface area contributed by atoms with Crippen molar-refractivity contribution in [2.24, 2.45) is 11.3 Å². The number of nitrogens with zero attached hydrogens (tertiary/aromatic N) is 1. The molecule has 2 atom stereocenters. The largest absolute Gasteiger partial charge is 0.381 e. The number of carbonyl (C=O) groups is 1. The Balaban J connectivity index is 1.99. The van der Waals surface area contributed by atoms with E-state index in [1.54, 1.807) is 0 Å². The van der Waals surface area contributed by atoms with Crippen LogP contribution >= 0.6 is 0 Å². The predicted molar refractivity (Wildman–Crippen MR) is 71.4 cm³/mol. The minimum Gasteiger partial charge on any atom is -0.381 e. The molecule has 4 heteroatoms. The molecule has 104 valence electrons. The molecule has 0 radical (unpaired) electrons. The molecule has 0 saturated carbocycles. The van der Waals surface area contributed by atoms with E-state index >= 15 is 0 Å². The molecule has 2 aliphatic rings. The molecule has 0 aliphatic carbocycles. The van der Waals surface area contributed by atoms with Gasteiger partial charge in [0.25, 0.3) is 0 Å². The Bertz CT molecular complexity index is 282. The molecule has 0 aromatic heterocycles. The van der Waals surface area contributed by atoms with Crippen LogP contribution < -0.4 is 5.32 Å². The summed E-state index contributed by atoms with van der Waals surface area (Å²) in [6.45, 7) is 9.41. The summed E-state index contributed by atoms with van der Waals surface area (Å²) < 4.78 is 5.41. The lowest BCUT2D eigenvalue weighted by Crippen LogP contribution is -2.46. The summed E-state index contributed by atoms with van der Waals surface area (Å²) in [5.41, 5.74) is -0.143. The van der Waals surface area contributed by atoms with Gasteiger partial charge in [0.15, 0.2) is 0 Å². The molecule has 2 rings (SSSR count). The molecular formula is C14H26N2O2. The first kappa shape index (κ1) is 13.8. The predicted octanol–water partition coefficient (Wildman–Crippen LogP) is 1.26. The highest BCUT2D eigenvalue weighted by molar-refractivity contribution is 5.83. The summed E-state index contributed by atoms with van der Waals surface area (Å²) in [5.74, 6) is 0.890. The van der Waals surface area contributed by atoms with Crippen LogP contribution in [0.15, 0.2) is 0 Å². The molecule has 18 heavy (non-hydrogen) atoms. The molecule has 0 aromatic carbocycles. The summed E-state index contributed by atoms with van der Waals surface area (Å²) in [7, 11) is 0. The first-order valence-corrected chi connectivity index (χ1v) is 7.29. The lowest BCUT2D eigenvalue weighted by molar-refractivity contribution is -0.141. The van der Waals surface area contributed by atoms with E-state index in [0.29, 0.717) is 11.8 Å². The average molecular weight is 254 g/mol. The Morgan fingerprint density at radius 1 is 1.50 bits per heavy atom. The summed E-state index contributed by atoms with van der Waals surface area (Å²) in [6, 6.07) is 0. The lowest BCUT2D eigenvalue weighted by Gasteiger charge is -2.33. The standard InChI is InChI=1S/C14H26N2O2/c1-3-14(6-7-15-11-14)13(17)16(4-2)9-12-5-8-18-10-12/h12,15H,3-11H2,1-2H3. The van der Waals surface area contributed by atoms with E-state index in [0.717, 1.165) is 58.7 Å². The van der Waals surface area contributed by atoms with Crippen molar-refractivity contribution in [3.05, 3.63) is 0 Å². The van der Waals surface area contributed by atoms with E-state index in [9.17, 15) is 4.79 Å². The van der Waals surface area contributed by atoms with Crippen LogP contribution in [-0.2, 0) is 9.53 Å². The zero-order valence-electron chi connectivity index (χ0n) is 11.7. The summed E-state index contributed by atoms with van der Waals surface area (Å²) >= 11 is 0. The summed E-state index contributed by atoms with van der Waals surface area (Å²) in [5, 5.41) is 3.35. The zero-order chi connectivity index (χ0) is 13.0. The topological polar surface area (TPSA) is 41.6 Å². The normalized spacial score (nSPS) is 31.8. The van der Waals surface area contributed by atoms with Crippen molar-refractivity contribution < 1.29 is 9.53 Å². The van der Waals surface area contributed by atoms with Crippen molar-refractivity contribution in [2.75, 3.05) is 39.4 Å². The monoisotopic (exact) mass is 254 g/mol. The summed E-state index contributed by atoms with van der Waals surface area (Å²) in [4.78, 5) is 14.8. The van der Waals surface area contributed by atoms with Crippen molar-refractivity contribution in [3.8, 4) is 0 Å². The zero-order valence-corrected chi connectivity index (χ0v) is 11.7. The van der Waals surface area contributed by atoms with Crippen molar-refractivity contribution >= 4 is 5.91 Å². The van der Waals surface area contributed by atoms with Gasteiger partial charge in [-0.3, -0.25) is 4.79 Å². The smallest absolute Gasteiger partial charge is 0.230 e. The molecule has 2 aliphatic heterocycles. The maximum atomic E-state index is 12.8. The molecule has 2 saturated heterocycles. The second-order valence-electron chi connectivity index (χ2n) is 5.63. The van der Waals surface area contributed by atoms with Crippen LogP contribution in [0.3, 0.4) is 0 Å². The van der Waals surface area contributed by atoms with E-state index in [4.69, 9.17) is 4.74 Å². The third-order valence-electron chi connectivity index (χ3n) is 4.55. The Morgan fingerprint density at radius 3 is 2.83 bits per heavy atom. The average Bonchev–Trinajstić information content (AvgIpc) is 3.06. The van der Waals surface area contributed by atoms with Crippen LogP contribution in [0.1, 0.15) is 33.1 Å². The molecule has 0 bridgehead atoms. The number of hydrogen-bond acceptors (Lipinski definition) is 3. The van der Waals surface area contributed by atoms with Gasteiger partial charge in [-0.15, -0.1) is 0 Å². The van der Waals surface area contributed by atoms with Gasteiger partial charge in [-0.05, 0) is 32.7 Å². The fourth-order valence-electron chi connectivity index (χ4n) is 3.11. The first-order chi connectivity index (χ1) is 8.72. The van der Waals surface area contributed by atoms with Crippen LogP contribution in [0.4, 0.5) is 0 Å². The second kappa shape index (κ2) is 6.02. The van der Waals surface area contributed by atoms with E-state index in [-0.39, 0.29) is 5.41 Å². The van der Waals surface area contributed by atoms with Gasteiger partial charge in [0, 0.05) is 32.2 Å². The van der Waals surface area contributed by atoms with E-state index in [1.165, 1.54) is 0 Å². The van der Waals surface area contributed by atoms with Gasteiger partial charge >= 0.3 is 0 Å². The highest BCUT2D eigenvalue weighted by atomic mass is 16.5. The highest BCUT2D eigenvalue weighted by Gasteiger charge is 2.42. The Morgan fingerprint density at radius 2 is 2.33 bits per heavy atom. The Hall–Kier alpha value is -0.610. The van der Waals surface area contributed by atoms with Crippen LogP contribution in [-0.4, -0.2) is 50.2 Å². The molecule has 1 amide bonds. The number of hydrogen-bond donors (Lipinski definition) is 1. The van der Waals surface area contributed by atoms with Crippen LogP contribution in [0.5, 0.6) is 0 Å². The molecule has 0 aromatic rings. The van der Waals surface area contributed by atoms with Gasteiger partial charge in [-0.25, -0.2) is 0 Å². The number of nitrogens with one attached hydrogen (secondary N) is 1. The quantitative estimate of drug-likeness (QED) is 0.803. The maximum Gasteiger partial charge on any atom is 0.230 e. The second-order valence-corrected chi connectivity index (χ2v) is 5.63. The molecule has 1 N–H and O–H groups in total. The highest BCUT2D eigenvalue weighted by Crippen LogP contribution is 2.32. The molecule has 2 heterocycles. The van der Waals surface area contributed by atoms with Crippen molar-refractivity contribution in [3.63, 3.8) is 0 Å². The van der Waals surface area contributed by atoms with Crippen LogP contribution in [0.2, 0.25) is 0 Å². The SMILES string of the molecule is CCN(CC1CCOC1)C(=O)C1(CC)CCNC1. The third kappa shape index (κ3) is 2.69. The van der Waals surface area contributed by atoms with E-state index in [1.807, 2.05) is 0 Å². The van der Waals surface area contributed by atoms with Crippen molar-refractivity contribution in [2.45, 2.75) is 33.1 Å². The van der Waals surface area contributed by atoms with E-state index in [2.05, 4.69) is 24.1 Å². The molecule has 0 spiro atoms. The van der Waals surface area contributed by atoms with Gasteiger partial charge in [-0.2, -0.15) is 0 Å². The Kier molecular flexibility index (Phi) is 4.62. The van der Waals surface area contributed by atoms with Gasteiger partial charge in [-0.1, -0.05) is 6.92 Å². The molecular weight excluding hydrogens is 228 g/mol. The lowest BCUT2D eigenvalue weighted by atomic mass is 9.82. The fraction of sp³-hybridized carbons (Fsp3) is 0.929. The fourth-order valence-corrected chi connectivity index (χ4v) is 3.11. The maximum absolute atomic E-state index is 12.8. The summed E-state index contributed by atoms with van der Waals surface area (Å²) in [6.07, 6.45) is 3.03. The van der Waals surface area contributed by atoms with Gasteiger partial charge in [0.1, 0.15) is 0 Å². The van der Waals surface area contributed by atoms with E-state index < -0.39 is 0 Å². The van der Waals surface area contributed by atoms with Crippen molar-refractivity contribution in [1.82, 2.24) is 10.2 Å².